The second-order valence-corrected chi connectivity index (χ2v) is 5.94. The minimum atomic E-state index is -0.159. The molecule has 0 saturated carbocycles. The molecule has 0 aliphatic carbocycles. The van der Waals surface area contributed by atoms with Crippen LogP contribution in [0.4, 0.5) is 5.69 Å². The number of hydrogen-bond donors (Lipinski definition) is 1. The lowest BCUT2D eigenvalue weighted by molar-refractivity contribution is 0.102. The fourth-order valence-electron chi connectivity index (χ4n) is 2.01. The topological polar surface area (TPSA) is 59.4 Å². The van der Waals surface area contributed by atoms with Crippen molar-refractivity contribution in [2.75, 3.05) is 26.0 Å². The van der Waals surface area contributed by atoms with Crippen molar-refractivity contribution in [3.63, 3.8) is 0 Å². The van der Waals surface area contributed by atoms with Crippen LogP contribution < -0.4 is 10.1 Å². The zero-order chi connectivity index (χ0) is 16.8. The van der Waals surface area contributed by atoms with Crippen LogP contribution in [0.25, 0.3) is 0 Å². The molecule has 124 valence electrons. The fraction of sp³-hybridized carbons (Fsp3) is 0.412. The molecule has 0 unspecified atom stereocenters. The number of rotatable bonds is 7. The van der Waals surface area contributed by atoms with Gasteiger partial charge in [-0.15, -0.1) is 0 Å². The van der Waals surface area contributed by atoms with Crippen molar-refractivity contribution in [3.05, 3.63) is 42.2 Å². The lowest BCUT2D eigenvalue weighted by Crippen LogP contribution is -2.18. The molecule has 2 aromatic rings. The molecule has 1 aromatic carbocycles. The average Bonchev–Trinajstić information content (AvgIpc) is 2.92. The summed E-state index contributed by atoms with van der Waals surface area (Å²) in [6.45, 7) is 5.61. The van der Waals surface area contributed by atoms with Gasteiger partial charge >= 0.3 is 0 Å². The van der Waals surface area contributed by atoms with Gasteiger partial charge in [-0.3, -0.25) is 9.48 Å². The number of amides is 1. The highest BCUT2D eigenvalue weighted by Crippen LogP contribution is 2.15. The molecule has 6 heteroatoms. The fourth-order valence-corrected chi connectivity index (χ4v) is 2.01. The Hall–Kier alpha value is -2.34. The summed E-state index contributed by atoms with van der Waals surface area (Å²) in [6.07, 6.45) is 3.60. The van der Waals surface area contributed by atoms with E-state index in [0.29, 0.717) is 11.3 Å². The van der Waals surface area contributed by atoms with Crippen LogP contribution in [-0.4, -0.2) is 47.3 Å². The van der Waals surface area contributed by atoms with Crippen molar-refractivity contribution < 1.29 is 9.53 Å². The van der Waals surface area contributed by atoms with Crippen molar-refractivity contribution in [3.8, 4) is 5.75 Å². The number of ether oxygens (including phenoxy) is 1. The molecule has 0 aliphatic rings. The van der Waals surface area contributed by atoms with E-state index in [4.69, 9.17) is 4.74 Å². The molecular formula is C17H24N4O2. The second-order valence-electron chi connectivity index (χ2n) is 5.94. The van der Waals surface area contributed by atoms with E-state index in [1.807, 2.05) is 38.8 Å². The molecule has 1 N–H and O–H groups in total. The van der Waals surface area contributed by atoms with Crippen LogP contribution >= 0.6 is 0 Å². The Balaban J connectivity index is 1.93. The monoisotopic (exact) mass is 316 g/mol. The zero-order valence-corrected chi connectivity index (χ0v) is 14.1. The highest BCUT2D eigenvalue weighted by Gasteiger charge is 2.08. The number of carbonyl (C=O) groups excluding carboxylic acids is 1. The van der Waals surface area contributed by atoms with Crippen molar-refractivity contribution in [2.24, 2.45) is 0 Å². The minimum absolute atomic E-state index is 0.114. The van der Waals surface area contributed by atoms with E-state index >= 15 is 0 Å². The van der Waals surface area contributed by atoms with Gasteiger partial charge in [-0.1, -0.05) is 0 Å². The average molecular weight is 316 g/mol. The third-order valence-electron chi connectivity index (χ3n) is 3.16. The standard InChI is InChI=1S/C17H24N4O2/c1-13(2)23-16-7-5-14(6-8-16)17(22)19-15-11-18-21(12-15)10-9-20(3)4/h5-8,11-13H,9-10H2,1-4H3,(H,19,22). The van der Waals surface area contributed by atoms with Gasteiger partial charge < -0.3 is 15.0 Å². The van der Waals surface area contributed by atoms with Gasteiger partial charge in [0.05, 0.1) is 24.5 Å². The van der Waals surface area contributed by atoms with Crippen LogP contribution in [0.2, 0.25) is 0 Å². The maximum atomic E-state index is 12.2. The number of nitrogens with one attached hydrogen (secondary N) is 1. The quantitative estimate of drug-likeness (QED) is 0.852. The third kappa shape index (κ3) is 5.41. The third-order valence-corrected chi connectivity index (χ3v) is 3.16. The number of nitrogens with zero attached hydrogens (tertiary/aromatic N) is 3. The predicted molar refractivity (Wildman–Crippen MR) is 90.9 cm³/mol. The molecular weight excluding hydrogens is 292 g/mol. The Kier molecular flexibility index (Phi) is 5.76. The summed E-state index contributed by atoms with van der Waals surface area (Å²) in [5, 5.41) is 7.09. The Morgan fingerprint density at radius 1 is 1.30 bits per heavy atom. The van der Waals surface area contributed by atoms with Crippen molar-refractivity contribution in [2.45, 2.75) is 26.5 Å². The first-order chi connectivity index (χ1) is 10.9. The summed E-state index contributed by atoms with van der Waals surface area (Å²) in [5.74, 6) is 0.598. The van der Waals surface area contributed by atoms with Crippen LogP contribution in [0.3, 0.4) is 0 Å². The first-order valence-corrected chi connectivity index (χ1v) is 7.69. The van der Waals surface area contributed by atoms with Crippen LogP contribution in [0.5, 0.6) is 5.75 Å². The molecule has 0 fully saturated rings. The molecule has 1 amide bonds. The van der Waals surface area contributed by atoms with Gasteiger partial charge in [-0.2, -0.15) is 5.10 Å². The van der Waals surface area contributed by atoms with E-state index in [1.165, 1.54) is 0 Å². The van der Waals surface area contributed by atoms with E-state index in [-0.39, 0.29) is 12.0 Å². The van der Waals surface area contributed by atoms with Gasteiger partial charge in [0.15, 0.2) is 0 Å². The molecule has 0 bridgehead atoms. The molecule has 1 aromatic heterocycles. The normalized spacial score (nSPS) is 11.0. The summed E-state index contributed by atoms with van der Waals surface area (Å²) in [7, 11) is 4.03. The van der Waals surface area contributed by atoms with Crippen molar-refractivity contribution in [1.82, 2.24) is 14.7 Å². The Morgan fingerprint density at radius 3 is 2.61 bits per heavy atom. The number of anilines is 1. The van der Waals surface area contributed by atoms with Crippen molar-refractivity contribution in [1.29, 1.82) is 0 Å². The summed E-state index contributed by atoms with van der Waals surface area (Å²) < 4.78 is 7.38. The SMILES string of the molecule is CC(C)Oc1ccc(C(=O)Nc2cnn(CCN(C)C)c2)cc1. The molecule has 2 rings (SSSR count). The number of carbonyl (C=O) groups is 1. The molecule has 0 saturated heterocycles. The summed E-state index contributed by atoms with van der Waals surface area (Å²) in [5.41, 5.74) is 1.28. The Bertz CT molecular complexity index is 632. The lowest BCUT2D eigenvalue weighted by atomic mass is 10.2. The van der Waals surface area contributed by atoms with Gasteiger partial charge in [0.2, 0.25) is 0 Å². The highest BCUT2D eigenvalue weighted by molar-refractivity contribution is 6.04. The van der Waals surface area contributed by atoms with Crippen LogP contribution in [-0.2, 0) is 6.54 Å². The van der Waals surface area contributed by atoms with Crippen LogP contribution in [0.15, 0.2) is 36.7 Å². The summed E-state index contributed by atoms with van der Waals surface area (Å²) in [4.78, 5) is 14.3. The molecule has 1 heterocycles. The first-order valence-electron chi connectivity index (χ1n) is 7.69. The van der Waals surface area contributed by atoms with Gasteiger partial charge in [-0.25, -0.2) is 0 Å². The Morgan fingerprint density at radius 2 is 2.00 bits per heavy atom. The molecule has 23 heavy (non-hydrogen) atoms. The number of likely N-dealkylation sites (N-methyl/N-ethyl adjacent to an activating group) is 1. The largest absolute Gasteiger partial charge is 0.491 e. The molecule has 0 radical (unpaired) electrons. The van der Waals surface area contributed by atoms with E-state index in [9.17, 15) is 4.79 Å². The molecule has 0 spiro atoms. The van der Waals surface area contributed by atoms with Crippen molar-refractivity contribution >= 4 is 11.6 Å². The van der Waals surface area contributed by atoms with E-state index < -0.39 is 0 Å². The maximum absolute atomic E-state index is 12.2. The molecule has 6 nitrogen and oxygen atoms in total. The number of hydrogen-bond acceptors (Lipinski definition) is 4. The van der Waals surface area contributed by atoms with Crippen LogP contribution in [0.1, 0.15) is 24.2 Å². The smallest absolute Gasteiger partial charge is 0.255 e. The number of aromatic nitrogens is 2. The van der Waals surface area contributed by atoms with Gasteiger partial charge in [0.25, 0.3) is 5.91 Å². The van der Waals surface area contributed by atoms with Gasteiger partial charge in [-0.05, 0) is 52.2 Å². The first kappa shape index (κ1) is 17.0. The van der Waals surface area contributed by atoms with E-state index in [0.717, 1.165) is 18.8 Å². The minimum Gasteiger partial charge on any atom is -0.491 e. The maximum Gasteiger partial charge on any atom is 0.255 e. The second kappa shape index (κ2) is 7.78. The lowest BCUT2D eigenvalue weighted by Gasteiger charge is -2.10. The van der Waals surface area contributed by atoms with E-state index in [2.05, 4.69) is 15.3 Å². The Labute approximate surface area is 137 Å². The number of benzene rings is 1. The summed E-state index contributed by atoms with van der Waals surface area (Å²) in [6, 6.07) is 7.11. The predicted octanol–water partition coefficient (Wildman–Crippen LogP) is 2.48. The molecule has 0 aliphatic heterocycles. The van der Waals surface area contributed by atoms with E-state index in [1.54, 1.807) is 30.5 Å². The molecule has 0 atom stereocenters. The summed E-state index contributed by atoms with van der Waals surface area (Å²) >= 11 is 0. The highest BCUT2D eigenvalue weighted by atomic mass is 16.5. The van der Waals surface area contributed by atoms with Gasteiger partial charge in [0, 0.05) is 18.3 Å². The van der Waals surface area contributed by atoms with Gasteiger partial charge in [0.1, 0.15) is 5.75 Å². The zero-order valence-electron chi connectivity index (χ0n) is 14.1. The van der Waals surface area contributed by atoms with Crippen LogP contribution in [0, 0.1) is 0 Å².